The van der Waals surface area contributed by atoms with Gasteiger partial charge in [-0.25, -0.2) is 4.79 Å². The molecule has 212 valence electrons. The Bertz CT molecular complexity index is 1460. The highest BCUT2D eigenvalue weighted by atomic mass is 35.5. The fourth-order valence-corrected chi connectivity index (χ4v) is 3.62. The quantitative estimate of drug-likeness (QED) is 0.0967. The smallest absolute Gasteiger partial charge is 0.336 e. The number of nitrogens with zero attached hydrogens (tertiary/aromatic N) is 1. The first-order valence-electron chi connectivity index (χ1n) is 12.4. The zero-order chi connectivity index (χ0) is 29.6. The van der Waals surface area contributed by atoms with Gasteiger partial charge in [-0.2, -0.15) is 5.26 Å². The van der Waals surface area contributed by atoms with Crippen LogP contribution < -0.4 is 24.3 Å². The average Bonchev–Trinajstić information content (AvgIpc) is 2.99. The zero-order valence-corrected chi connectivity index (χ0v) is 23.6. The third-order valence-corrected chi connectivity index (χ3v) is 5.83. The van der Waals surface area contributed by atoms with Crippen LogP contribution in [0.2, 0.25) is 5.02 Å². The van der Waals surface area contributed by atoms with E-state index in [1.807, 2.05) is 18.2 Å². The van der Waals surface area contributed by atoms with Gasteiger partial charge in [0.05, 0.1) is 20.8 Å². The third kappa shape index (κ3) is 9.42. The van der Waals surface area contributed by atoms with E-state index >= 15 is 0 Å². The number of carbonyl (C=O) groups excluding carboxylic acids is 2. The molecule has 3 aromatic carbocycles. The lowest BCUT2D eigenvalue weighted by molar-refractivity contribution is -0.129. The minimum Gasteiger partial charge on any atom is -0.493 e. The number of carbonyl (C=O) groups is 2. The molecule has 0 aromatic heterocycles. The second kappa shape index (κ2) is 15.7. The number of esters is 1. The molecule has 0 aliphatic heterocycles. The van der Waals surface area contributed by atoms with Crippen LogP contribution in [0.5, 0.6) is 23.0 Å². The van der Waals surface area contributed by atoms with E-state index in [0.29, 0.717) is 40.9 Å². The molecular weight excluding hydrogens is 548 g/mol. The Balaban J connectivity index is 1.65. The minimum absolute atomic E-state index is 0.0901. The van der Waals surface area contributed by atoms with Crippen LogP contribution in [0.25, 0.3) is 12.2 Å². The van der Waals surface area contributed by atoms with Gasteiger partial charge in [-0.15, -0.1) is 0 Å². The maximum Gasteiger partial charge on any atom is 0.336 e. The number of rotatable bonds is 13. The van der Waals surface area contributed by atoms with Gasteiger partial charge in [0.1, 0.15) is 18.2 Å². The second-order valence-corrected chi connectivity index (χ2v) is 8.85. The number of ether oxygens (including phenoxy) is 5. The highest BCUT2D eigenvalue weighted by Gasteiger charge is 2.12. The molecule has 0 heterocycles. The number of methoxy groups -OCH3 is 3. The summed E-state index contributed by atoms with van der Waals surface area (Å²) in [6.45, 7) is 0.936. The van der Waals surface area contributed by atoms with Crippen molar-refractivity contribution in [2.45, 2.75) is 6.61 Å². The van der Waals surface area contributed by atoms with Gasteiger partial charge in [0.15, 0.2) is 23.0 Å². The number of hydrogen-bond donors (Lipinski definition) is 1. The van der Waals surface area contributed by atoms with E-state index in [0.717, 1.165) is 5.56 Å². The molecule has 1 N–H and O–H groups in total. The molecule has 41 heavy (non-hydrogen) atoms. The molecule has 0 atom stereocenters. The summed E-state index contributed by atoms with van der Waals surface area (Å²) >= 11 is 5.93. The summed E-state index contributed by atoms with van der Waals surface area (Å²) in [6.07, 6.45) is 4.26. The van der Waals surface area contributed by atoms with Crippen molar-refractivity contribution in [1.29, 1.82) is 5.26 Å². The van der Waals surface area contributed by atoms with Crippen molar-refractivity contribution in [3.63, 3.8) is 0 Å². The maximum atomic E-state index is 12.5. The van der Waals surface area contributed by atoms with Crippen LogP contribution in [-0.2, 0) is 20.9 Å². The summed E-state index contributed by atoms with van der Waals surface area (Å²) in [5, 5.41) is 12.6. The molecule has 9 nitrogen and oxygen atoms in total. The van der Waals surface area contributed by atoms with Gasteiger partial charge in [0.25, 0.3) is 5.91 Å². The molecule has 1 amide bonds. The second-order valence-electron chi connectivity index (χ2n) is 8.41. The topological polar surface area (TPSA) is 116 Å². The lowest BCUT2D eigenvalue weighted by atomic mass is 10.1. The molecule has 0 fully saturated rings. The van der Waals surface area contributed by atoms with Crippen LogP contribution in [-0.4, -0.2) is 46.4 Å². The number of halogens is 1. The van der Waals surface area contributed by atoms with Crippen molar-refractivity contribution < 1.29 is 33.3 Å². The molecule has 0 radical (unpaired) electrons. The molecule has 10 heteroatoms. The van der Waals surface area contributed by atoms with Crippen molar-refractivity contribution in [2.24, 2.45) is 0 Å². The van der Waals surface area contributed by atoms with Crippen molar-refractivity contribution in [1.82, 2.24) is 5.32 Å². The van der Waals surface area contributed by atoms with Gasteiger partial charge in [0, 0.05) is 24.8 Å². The molecule has 0 saturated carbocycles. The van der Waals surface area contributed by atoms with Crippen LogP contribution in [0.15, 0.2) is 72.3 Å². The Morgan fingerprint density at radius 1 is 0.902 bits per heavy atom. The Labute approximate surface area is 243 Å². The van der Waals surface area contributed by atoms with Gasteiger partial charge in [-0.1, -0.05) is 35.9 Å². The van der Waals surface area contributed by atoms with Crippen molar-refractivity contribution >= 4 is 35.6 Å². The van der Waals surface area contributed by atoms with Crippen LogP contribution in [0.4, 0.5) is 0 Å². The lowest BCUT2D eigenvalue weighted by Crippen LogP contribution is -2.27. The molecule has 0 aliphatic carbocycles. The number of hydrogen-bond acceptors (Lipinski definition) is 8. The summed E-state index contributed by atoms with van der Waals surface area (Å²) in [7, 11) is 4.46. The van der Waals surface area contributed by atoms with Gasteiger partial charge < -0.3 is 29.0 Å². The summed E-state index contributed by atoms with van der Waals surface area (Å²) in [4.78, 5) is 24.7. The first-order chi connectivity index (χ1) is 19.9. The number of amides is 1. The highest BCUT2D eigenvalue weighted by Crippen LogP contribution is 2.31. The molecule has 0 aliphatic rings. The van der Waals surface area contributed by atoms with Crippen LogP contribution in [0.1, 0.15) is 16.7 Å². The molecule has 3 rings (SSSR count). The SMILES string of the molecule is COCCNC(=O)/C(C#N)=C/c1ccc(OC(=O)/C=C/c2ccc(OCc3ccc(Cl)cc3)c(OC)c2)c(OC)c1. The van der Waals surface area contributed by atoms with Gasteiger partial charge in [-0.05, 0) is 65.2 Å². The van der Waals surface area contributed by atoms with Gasteiger partial charge in [-0.3, -0.25) is 4.79 Å². The fraction of sp³-hybridized carbons (Fsp3) is 0.194. The fourth-order valence-electron chi connectivity index (χ4n) is 3.49. The highest BCUT2D eigenvalue weighted by molar-refractivity contribution is 6.30. The Kier molecular flexibility index (Phi) is 11.8. The van der Waals surface area contributed by atoms with Crippen molar-refractivity contribution in [3.8, 4) is 29.1 Å². The monoisotopic (exact) mass is 576 g/mol. The Hall–Kier alpha value is -4.78. The number of nitriles is 1. The van der Waals surface area contributed by atoms with E-state index in [9.17, 15) is 14.9 Å². The van der Waals surface area contributed by atoms with Gasteiger partial charge in [0.2, 0.25) is 0 Å². The minimum atomic E-state index is -0.635. The molecule has 0 saturated heterocycles. The number of nitrogens with one attached hydrogen (secondary N) is 1. The molecule has 0 bridgehead atoms. The molecular formula is C31H29ClN2O7. The zero-order valence-electron chi connectivity index (χ0n) is 22.8. The van der Waals surface area contributed by atoms with E-state index in [1.54, 1.807) is 48.5 Å². The molecule has 0 unspecified atom stereocenters. The Morgan fingerprint density at radius 2 is 1.56 bits per heavy atom. The normalized spacial score (nSPS) is 11.0. The van der Waals surface area contributed by atoms with Crippen molar-refractivity contribution in [3.05, 3.63) is 94.0 Å². The summed E-state index contributed by atoms with van der Waals surface area (Å²) in [5.41, 5.74) is 2.07. The van der Waals surface area contributed by atoms with Crippen LogP contribution in [0, 0.1) is 11.3 Å². The number of benzene rings is 3. The summed E-state index contributed by atoms with van der Waals surface area (Å²) < 4.78 is 27.0. The van der Waals surface area contributed by atoms with Crippen LogP contribution >= 0.6 is 11.6 Å². The van der Waals surface area contributed by atoms with E-state index in [1.165, 1.54) is 39.5 Å². The van der Waals surface area contributed by atoms with Crippen molar-refractivity contribution in [2.75, 3.05) is 34.5 Å². The summed E-state index contributed by atoms with van der Waals surface area (Å²) in [6, 6.07) is 19.2. The maximum absolute atomic E-state index is 12.5. The predicted molar refractivity (Wildman–Crippen MR) is 155 cm³/mol. The van der Waals surface area contributed by atoms with E-state index in [-0.39, 0.29) is 23.6 Å². The van der Waals surface area contributed by atoms with E-state index in [2.05, 4.69) is 5.32 Å². The van der Waals surface area contributed by atoms with E-state index < -0.39 is 11.9 Å². The first-order valence-corrected chi connectivity index (χ1v) is 12.8. The lowest BCUT2D eigenvalue weighted by Gasteiger charge is -2.11. The Morgan fingerprint density at radius 3 is 2.24 bits per heavy atom. The molecule has 0 spiro atoms. The summed E-state index contributed by atoms with van der Waals surface area (Å²) in [5.74, 6) is 0.315. The predicted octanol–water partition coefficient (Wildman–Crippen LogP) is 5.22. The average molecular weight is 577 g/mol. The van der Waals surface area contributed by atoms with Gasteiger partial charge >= 0.3 is 5.97 Å². The van der Waals surface area contributed by atoms with Crippen LogP contribution in [0.3, 0.4) is 0 Å². The van der Waals surface area contributed by atoms with E-state index in [4.69, 9.17) is 35.3 Å². The molecule has 3 aromatic rings. The largest absolute Gasteiger partial charge is 0.493 e. The standard InChI is InChI=1S/C31H29ClN2O7/c1-37-15-14-34-31(36)24(19-33)16-23-7-12-27(29(18-23)39-3)41-30(35)13-8-21-6-11-26(28(17-21)38-2)40-20-22-4-9-25(32)10-5-22/h4-13,16-18H,14-15,20H2,1-3H3,(H,34,36)/b13-8+,24-16+. The third-order valence-electron chi connectivity index (χ3n) is 5.57. The first kappa shape index (κ1) is 30.8.